The maximum Gasteiger partial charge on any atom is 0.206 e. The quantitative estimate of drug-likeness (QED) is 0.899. The van der Waals surface area contributed by atoms with E-state index in [1.165, 1.54) is 11.3 Å². The van der Waals surface area contributed by atoms with E-state index in [4.69, 9.17) is 4.74 Å². The molecule has 7 heteroatoms. The third-order valence-electron chi connectivity index (χ3n) is 2.21. The van der Waals surface area contributed by atoms with Gasteiger partial charge in [0.25, 0.3) is 0 Å². The lowest BCUT2D eigenvalue weighted by molar-refractivity contribution is 0.0398. The molecule has 1 aliphatic heterocycles. The monoisotopic (exact) mass is 292 g/mol. The van der Waals surface area contributed by atoms with Crippen LogP contribution in [0, 0.1) is 0 Å². The van der Waals surface area contributed by atoms with E-state index < -0.39 is 0 Å². The molecule has 84 valence electrons. The Kier molecular flexibility index (Phi) is 4.30. The molecule has 5 nitrogen and oxygen atoms in total. The lowest BCUT2D eigenvalue weighted by Gasteiger charge is -2.26. The Labute approximate surface area is 101 Å². The van der Waals surface area contributed by atoms with Gasteiger partial charge in [0.2, 0.25) is 5.13 Å². The first kappa shape index (κ1) is 11.3. The van der Waals surface area contributed by atoms with Crippen LogP contribution >= 0.6 is 27.3 Å². The van der Waals surface area contributed by atoms with Crippen molar-refractivity contribution < 1.29 is 4.74 Å². The van der Waals surface area contributed by atoms with E-state index in [1.807, 2.05) is 0 Å². The second kappa shape index (κ2) is 5.74. The zero-order valence-corrected chi connectivity index (χ0v) is 10.7. The Morgan fingerprint density at radius 2 is 2.20 bits per heavy atom. The van der Waals surface area contributed by atoms with Crippen molar-refractivity contribution in [3.8, 4) is 0 Å². The minimum absolute atomic E-state index is 0.816. The molecule has 15 heavy (non-hydrogen) atoms. The van der Waals surface area contributed by atoms with Crippen LogP contribution in [0.5, 0.6) is 0 Å². The van der Waals surface area contributed by atoms with Gasteiger partial charge in [-0.25, -0.2) is 0 Å². The zero-order valence-electron chi connectivity index (χ0n) is 8.28. The Bertz CT molecular complexity index is 303. The Morgan fingerprint density at radius 3 is 2.87 bits per heavy atom. The second-order valence-electron chi connectivity index (χ2n) is 3.24. The average molecular weight is 293 g/mol. The predicted molar refractivity (Wildman–Crippen MR) is 63.4 cm³/mol. The molecule has 0 amide bonds. The smallest absolute Gasteiger partial charge is 0.206 e. The van der Waals surface area contributed by atoms with Crippen LogP contribution in [0.2, 0.25) is 0 Å². The highest BCUT2D eigenvalue weighted by atomic mass is 79.9. The summed E-state index contributed by atoms with van der Waals surface area (Å²) < 4.78 is 6.10. The molecule has 0 atom stereocenters. The standard InChI is InChI=1S/C8H13BrN4OS/c9-7-11-12-8(15-7)10-1-2-13-3-5-14-6-4-13/h1-6H2,(H,10,12). The molecule has 1 aromatic heterocycles. The average Bonchev–Trinajstić information content (AvgIpc) is 2.66. The second-order valence-corrected chi connectivity index (χ2v) is 5.49. The molecule has 0 saturated carbocycles. The van der Waals surface area contributed by atoms with E-state index in [9.17, 15) is 0 Å². The van der Waals surface area contributed by atoms with Crippen LogP contribution in [0.15, 0.2) is 3.92 Å². The van der Waals surface area contributed by atoms with Gasteiger partial charge in [-0.1, -0.05) is 11.3 Å². The van der Waals surface area contributed by atoms with E-state index in [0.717, 1.165) is 48.4 Å². The van der Waals surface area contributed by atoms with Gasteiger partial charge in [0.05, 0.1) is 13.2 Å². The van der Waals surface area contributed by atoms with Gasteiger partial charge in [0, 0.05) is 26.2 Å². The van der Waals surface area contributed by atoms with Gasteiger partial charge >= 0.3 is 0 Å². The molecule has 0 aliphatic carbocycles. The van der Waals surface area contributed by atoms with Crippen molar-refractivity contribution in [3.05, 3.63) is 3.92 Å². The minimum Gasteiger partial charge on any atom is -0.379 e. The maximum absolute atomic E-state index is 5.28. The van der Waals surface area contributed by atoms with Gasteiger partial charge in [0.1, 0.15) is 0 Å². The van der Waals surface area contributed by atoms with Crippen LogP contribution in [-0.4, -0.2) is 54.5 Å². The van der Waals surface area contributed by atoms with Gasteiger partial charge in [-0.2, -0.15) is 0 Å². The van der Waals surface area contributed by atoms with Crippen molar-refractivity contribution in [2.75, 3.05) is 44.7 Å². The normalized spacial score (nSPS) is 17.9. The van der Waals surface area contributed by atoms with Crippen molar-refractivity contribution in [2.45, 2.75) is 0 Å². The number of nitrogens with zero attached hydrogens (tertiary/aromatic N) is 3. The summed E-state index contributed by atoms with van der Waals surface area (Å²) in [6.45, 7) is 5.69. The number of ether oxygens (including phenoxy) is 1. The van der Waals surface area contributed by atoms with Crippen LogP contribution in [0.1, 0.15) is 0 Å². The SMILES string of the molecule is Brc1nnc(NCCN2CCOCC2)s1. The van der Waals surface area contributed by atoms with E-state index >= 15 is 0 Å². The van der Waals surface area contributed by atoms with Crippen molar-refractivity contribution in [3.63, 3.8) is 0 Å². The first-order valence-electron chi connectivity index (χ1n) is 4.87. The van der Waals surface area contributed by atoms with Gasteiger partial charge in [-0.15, -0.1) is 10.2 Å². The predicted octanol–water partition coefficient (Wildman–Crippen LogP) is 1.04. The topological polar surface area (TPSA) is 50.3 Å². The third kappa shape index (κ3) is 3.67. The third-order valence-corrected chi connectivity index (χ3v) is 3.52. The molecule has 0 radical (unpaired) electrons. The van der Waals surface area contributed by atoms with Crippen molar-refractivity contribution in [2.24, 2.45) is 0 Å². The van der Waals surface area contributed by atoms with Crippen LogP contribution in [0.25, 0.3) is 0 Å². The molecule has 2 heterocycles. The summed E-state index contributed by atoms with van der Waals surface area (Å²) in [5.74, 6) is 0. The lowest BCUT2D eigenvalue weighted by Crippen LogP contribution is -2.38. The molecular formula is C8H13BrN4OS. The van der Waals surface area contributed by atoms with Crippen LogP contribution in [0.4, 0.5) is 5.13 Å². The Morgan fingerprint density at radius 1 is 1.40 bits per heavy atom. The lowest BCUT2D eigenvalue weighted by atomic mass is 10.4. The number of morpholine rings is 1. The summed E-state index contributed by atoms with van der Waals surface area (Å²) in [6.07, 6.45) is 0. The highest BCUT2D eigenvalue weighted by Gasteiger charge is 2.09. The van der Waals surface area contributed by atoms with Gasteiger partial charge < -0.3 is 10.1 Å². The molecular weight excluding hydrogens is 280 g/mol. The molecule has 2 rings (SSSR count). The number of anilines is 1. The molecule has 1 N–H and O–H groups in total. The summed E-state index contributed by atoms with van der Waals surface area (Å²) in [7, 11) is 0. The molecule has 0 spiro atoms. The maximum atomic E-state index is 5.28. The van der Waals surface area contributed by atoms with Crippen LogP contribution in [-0.2, 0) is 4.74 Å². The highest BCUT2D eigenvalue weighted by molar-refractivity contribution is 9.11. The number of aromatic nitrogens is 2. The molecule has 1 saturated heterocycles. The molecule has 1 aromatic rings. The fourth-order valence-corrected chi connectivity index (χ4v) is 2.46. The molecule has 1 aliphatic rings. The van der Waals surface area contributed by atoms with E-state index in [-0.39, 0.29) is 0 Å². The number of rotatable bonds is 4. The summed E-state index contributed by atoms with van der Waals surface area (Å²) >= 11 is 4.79. The Balaban J connectivity index is 1.65. The van der Waals surface area contributed by atoms with Gasteiger partial charge in [-0.05, 0) is 15.9 Å². The van der Waals surface area contributed by atoms with Crippen LogP contribution in [0.3, 0.4) is 0 Å². The van der Waals surface area contributed by atoms with E-state index in [1.54, 1.807) is 0 Å². The Hall–Kier alpha value is -0.240. The van der Waals surface area contributed by atoms with E-state index in [0.29, 0.717) is 0 Å². The van der Waals surface area contributed by atoms with Gasteiger partial charge in [-0.3, -0.25) is 4.90 Å². The fraction of sp³-hybridized carbons (Fsp3) is 0.750. The molecule has 0 aromatic carbocycles. The number of nitrogens with one attached hydrogen (secondary N) is 1. The molecule has 0 bridgehead atoms. The van der Waals surface area contributed by atoms with Crippen molar-refractivity contribution in [1.29, 1.82) is 0 Å². The first-order chi connectivity index (χ1) is 7.34. The number of hydrogen-bond donors (Lipinski definition) is 1. The first-order valence-corrected chi connectivity index (χ1v) is 6.48. The summed E-state index contributed by atoms with van der Waals surface area (Å²) in [5.41, 5.74) is 0. The van der Waals surface area contributed by atoms with Crippen LogP contribution < -0.4 is 5.32 Å². The number of hydrogen-bond acceptors (Lipinski definition) is 6. The summed E-state index contributed by atoms with van der Waals surface area (Å²) in [4.78, 5) is 2.38. The highest BCUT2D eigenvalue weighted by Crippen LogP contribution is 2.19. The minimum atomic E-state index is 0.816. The van der Waals surface area contributed by atoms with Crippen molar-refractivity contribution >= 4 is 32.4 Å². The fourth-order valence-electron chi connectivity index (χ4n) is 1.42. The molecule has 1 fully saturated rings. The van der Waals surface area contributed by atoms with Crippen molar-refractivity contribution in [1.82, 2.24) is 15.1 Å². The summed E-state index contributed by atoms with van der Waals surface area (Å²) in [6, 6.07) is 0. The van der Waals surface area contributed by atoms with E-state index in [2.05, 4.69) is 36.3 Å². The largest absolute Gasteiger partial charge is 0.379 e. The molecule has 0 unspecified atom stereocenters. The number of halogens is 1. The van der Waals surface area contributed by atoms with Gasteiger partial charge in [0.15, 0.2) is 3.92 Å². The zero-order chi connectivity index (χ0) is 10.5. The summed E-state index contributed by atoms with van der Waals surface area (Å²) in [5, 5.41) is 12.0.